The molecule has 1 aromatic rings. The van der Waals surface area contributed by atoms with Crippen LogP contribution >= 0.6 is 0 Å². The van der Waals surface area contributed by atoms with E-state index in [1.807, 2.05) is 11.9 Å². The highest BCUT2D eigenvalue weighted by molar-refractivity contribution is 5.85. The van der Waals surface area contributed by atoms with E-state index in [9.17, 15) is 4.79 Å². The predicted octanol–water partition coefficient (Wildman–Crippen LogP) is 2.50. The SMILES string of the molecule is Cc1cc(C(=O)O)nc(N(C)CCC2CCCC2)n1. The number of aryl methyl sites for hydroxylation is 1. The maximum Gasteiger partial charge on any atom is 0.354 e. The van der Waals surface area contributed by atoms with Crippen LogP contribution in [0.2, 0.25) is 0 Å². The van der Waals surface area contributed by atoms with Gasteiger partial charge < -0.3 is 10.0 Å². The quantitative estimate of drug-likeness (QED) is 0.884. The largest absolute Gasteiger partial charge is 0.477 e. The van der Waals surface area contributed by atoms with Gasteiger partial charge in [0.1, 0.15) is 0 Å². The summed E-state index contributed by atoms with van der Waals surface area (Å²) in [5, 5.41) is 9.01. The number of anilines is 1. The summed E-state index contributed by atoms with van der Waals surface area (Å²) < 4.78 is 0. The van der Waals surface area contributed by atoms with E-state index in [1.165, 1.54) is 31.7 Å². The van der Waals surface area contributed by atoms with Gasteiger partial charge in [0.2, 0.25) is 5.95 Å². The molecule has 0 radical (unpaired) electrons. The van der Waals surface area contributed by atoms with Gasteiger partial charge in [-0.25, -0.2) is 14.8 Å². The van der Waals surface area contributed by atoms with Crippen molar-refractivity contribution in [3.05, 3.63) is 17.5 Å². The summed E-state index contributed by atoms with van der Waals surface area (Å²) in [5.74, 6) is 0.317. The van der Waals surface area contributed by atoms with E-state index < -0.39 is 5.97 Å². The van der Waals surface area contributed by atoms with Gasteiger partial charge >= 0.3 is 5.97 Å². The average Bonchev–Trinajstić information content (AvgIpc) is 2.88. The Kier molecular flexibility index (Phi) is 4.35. The van der Waals surface area contributed by atoms with Gasteiger partial charge in [0.15, 0.2) is 5.69 Å². The molecule has 5 nitrogen and oxygen atoms in total. The third-order valence-electron chi connectivity index (χ3n) is 3.75. The summed E-state index contributed by atoms with van der Waals surface area (Å²) in [5.41, 5.74) is 0.755. The Hall–Kier alpha value is -1.65. The van der Waals surface area contributed by atoms with Crippen molar-refractivity contribution in [3.8, 4) is 0 Å². The topological polar surface area (TPSA) is 66.3 Å². The second-order valence-electron chi connectivity index (χ2n) is 5.36. The Morgan fingerprint density at radius 3 is 2.74 bits per heavy atom. The molecular weight excluding hydrogens is 242 g/mol. The normalized spacial score (nSPS) is 15.7. The van der Waals surface area contributed by atoms with E-state index in [1.54, 1.807) is 6.92 Å². The number of carboxylic acid groups (broad SMARTS) is 1. The first-order valence-electron chi connectivity index (χ1n) is 6.86. The number of carboxylic acids is 1. The van der Waals surface area contributed by atoms with Crippen molar-refractivity contribution in [3.63, 3.8) is 0 Å². The lowest BCUT2D eigenvalue weighted by molar-refractivity contribution is 0.0690. The van der Waals surface area contributed by atoms with Gasteiger partial charge in [-0.2, -0.15) is 0 Å². The summed E-state index contributed by atoms with van der Waals surface area (Å²) in [6.07, 6.45) is 6.47. The van der Waals surface area contributed by atoms with Crippen molar-refractivity contribution in [2.45, 2.75) is 39.0 Å². The van der Waals surface area contributed by atoms with Crippen LogP contribution in [0.4, 0.5) is 5.95 Å². The smallest absolute Gasteiger partial charge is 0.354 e. The fraction of sp³-hybridized carbons (Fsp3) is 0.643. The highest BCUT2D eigenvalue weighted by atomic mass is 16.4. The molecular formula is C14H21N3O2. The molecule has 1 aromatic heterocycles. The first-order chi connectivity index (χ1) is 9.06. The molecule has 1 aliphatic rings. The zero-order valence-corrected chi connectivity index (χ0v) is 11.6. The second kappa shape index (κ2) is 5.99. The highest BCUT2D eigenvalue weighted by Gasteiger charge is 2.17. The molecule has 19 heavy (non-hydrogen) atoms. The van der Waals surface area contributed by atoms with Crippen LogP contribution < -0.4 is 4.90 Å². The molecule has 104 valence electrons. The number of hydrogen-bond donors (Lipinski definition) is 1. The van der Waals surface area contributed by atoms with E-state index in [-0.39, 0.29) is 5.69 Å². The fourth-order valence-corrected chi connectivity index (χ4v) is 2.61. The van der Waals surface area contributed by atoms with E-state index in [0.29, 0.717) is 11.6 Å². The molecule has 1 heterocycles. The standard InChI is InChI=1S/C14H21N3O2/c1-10-9-12(13(18)19)16-14(15-10)17(2)8-7-11-5-3-4-6-11/h9,11H,3-8H2,1-2H3,(H,18,19). The molecule has 0 saturated heterocycles. The Labute approximate surface area is 113 Å². The van der Waals surface area contributed by atoms with Crippen LogP contribution in [0.5, 0.6) is 0 Å². The van der Waals surface area contributed by atoms with E-state index >= 15 is 0 Å². The van der Waals surface area contributed by atoms with Crippen molar-refractivity contribution in [1.29, 1.82) is 0 Å². The minimum absolute atomic E-state index is 0.0650. The average molecular weight is 263 g/mol. The van der Waals surface area contributed by atoms with Gasteiger partial charge in [-0.3, -0.25) is 0 Å². The number of carbonyl (C=O) groups is 1. The lowest BCUT2D eigenvalue weighted by Gasteiger charge is -2.19. The van der Waals surface area contributed by atoms with Crippen LogP contribution in [-0.4, -0.2) is 34.6 Å². The molecule has 2 rings (SSSR count). The van der Waals surface area contributed by atoms with Gasteiger partial charge in [-0.15, -0.1) is 0 Å². The third kappa shape index (κ3) is 3.66. The zero-order valence-electron chi connectivity index (χ0n) is 11.6. The molecule has 1 N–H and O–H groups in total. The zero-order chi connectivity index (χ0) is 13.8. The van der Waals surface area contributed by atoms with Gasteiger partial charge in [0, 0.05) is 19.3 Å². The van der Waals surface area contributed by atoms with Gasteiger partial charge in [-0.1, -0.05) is 25.7 Å². The Bertz CT molecular complexity index is 456. The van der Waals surface area contributed by atoms with Gasteiger partial charge in [-0.05, 0) is 25.3 Å². The molecule has 0 atom stereocenters. The van der Waals surface area contributed by atoms with Crippen LogP contribution in [0.15, 0.2) is 6.07 Å². The number of aromatic nitrogens is 2. The minimum atomic E-state index is -1.00. The Balaban J connectivity index is 2.01. The molecule has 1 aliphatic carbocycles. The fourth-order valence-electron chi connectivity index (χ4n) is 2.61. The molecule has 0 unspecified atom stereocenters. The summed E-state index contributed by atoms with van der Waals surface area (Å²) in [6, 6.07) is 1.50. The van der Waals surface area contributed by atoms with Crippen LogP contribution in [0.3, 0.4) is 0 Å². The van der Waals surface area contributed by atoms with Crippen molar-refractivity contribution in [1.82, 2.24) is 9.97 Å². The summed E-state index contributed by atoms with van der Waals surface area (Å²) in [7, 11) is 1.93. The third-order valence-corrected chi connectivity index (χ3v) is 3.75. The first kappa shape index (κ1) is 13.8. The molecule has 5 heteroatoms. The monoisotopic (exact) mass is 263 g/mol. The number of nitrogens with zero attached hydrogens (tertiary/aromatic N) is 3. The lowest BCUT2D eigenvalue weighted by Crippen LogP contribution is -2.23. The number of aromatic carboxylic acids is 1. The second-order valence-corrected chi connectivity index (χ2v) is 5.36. The van der Waals surface area contributed by atoms with Crippen LogP contribution in [-0.2, 0) is 0 Å². The molecule has 0 spiro atoms. The first-order valence-corrected chi connectivity index (χ1v) is 6.86. The van der Waals surface area contributed by atoms with Crippen molar-refractivity contribution in [2.75, 3.05) is 18.5 Å². The summed E-state index contributed by atoms with van der Waals surface area (Å²) >= 11 is 0. The van der Waals surface area contributed by atoms with E-state index in [0.717, 1.165) is 18.9 Å². The van der Waals surface area contributed by atoms with Crippen LogP contribution in [0.25, 0.3) is 0 Å². The van der Waals surface area contributed by atoms with Gasteiger partial charge in [0.25, 0.3) is 0 Å². The van der Waals surface area contributed by atoms with Crippen molar-refractivity contribution in [2.24, 2.45) is 5.92 Å². The van der Waals surface area contributed by atoms with Crippen molar-refractivity contribution < 1.29 is 9.90 Å². The minimum Gasteiger partial charge on any atom is -0.477 e. The van der Waals surface area contributed by atoms with Crippen LogP contribution in [0, 0.1) is 12.8 Å². The Morgan fingerprint density at radius 1 is 1.42 bits per heavy atom. The molecule has 0 aliphatic heterocycles. The Morgan fingerprint density at radius 2 is 2.11 bits per heavy atom. The van der Waals surface area contributed by atoms with Gasteiger partial charge in [0.05, 0.1) is 0 Å². The number of rotatable bonds is 5. The maximum atomic E-state index is 11.0. The lowest BCUT2D eigenvalue weighted by atomic mass is 10.0. The molecule has 1 fully saturated rings. The van der Waals surface area contributed by atoms with Crippen LogP contribution in [0.1, 0.15) is 48.3 Å². The number of hydrogen-bond acceptors (Lipinski definition) is 4. The summed E-state index contributed by atoms with van der Waals surface area (Å²) in [4.78, 5) is 21.3. The molecule has 1 saturated carbocycles. The summed E-state index contributed by atoms with van der Waals surface area (Å²) in [6.45, 7) is 2.68. The molecule has 0 amide bonds. The maximum absolute atomic E-state index is 11.0. The van der Waals surface area contributed by atoms with E-state index in [2.05, 4.69) is 9.97 Å². The molecule has 0 bridgehead atoms. The predicted molar refractivity (Wildman–Crippen MR) is 73.6 cm³/mol. The van der Waals surface area contributed by atoms with E-state index in [4.69, 9.17) is 5.11 Å². The highest BCUT2D eigenvalue weighted by Crippen LogP contribution is 2.27. The molecule has 0 aromatic carbocycles. The van der Waals surface area contributed by atoms with Crippen molar-refractivity contribution >= 4 is 11.9 Å².